The van der Waals surface area contributed by atoms with E-state index in [4.69, 9.17) is 5.73 Å². The van der Waals surface area contributed by atoms with Crippen molar-refractivity contribution in [3.63, 3.8) is 0 Å². The molecule has 0 fully saturated rings. The topological polar surface area (TPSA) is 76.7 Å². The maximum atomic E-state index is 12.8. The molecule has 2 heterocycles. The fourth-order valence-electron chi connectivity index (χ4n) is 1.65. The second kappa shape index (κ2) is 4.49. The summed E-state index contributed by atoms with van der Waals surface area (Å²) in [5.74, 6) is 0.496. The van der Waals surface area contributed by atoms with Crippen LogP contribution in [0.5, 0.6) is 0 Å². The Labute approximate surface area is 108 Å². The Morgan fingerprint density at radius 3 is 2.58 bits per heavy atom. The lowest BCUT2D eigenvalue weighted by molar-refractivity contribution is 0.628. The van der Waals surface area contributed by atoms with Gasteiger partial charge in [-0.05, 0) is 36.4 Å². The Kier molecular flexibility index (Phi) is 2.68. The first-order valence-electron chi connectivity index (χ1n) is 5.62. The molecular formula is C13H10FN5. The zero-order valence-corrected chi connectivity index (χ0v) is 9.84. The van der Waals surface area contributed by atoms with Crippen LogP contribution in [0, 0.1) is 5.82 Å². The lowest BCUT2D eigenvalue weighted by Gasteiger charge is -2.05. The third-order valence-corrected chi connectivity index (χ3v) is 2.56. The van der Waals surface area contributed by atoms with E-state index in [1.807, 2.05) is 0 Å². The Bertz CT molecular complexity index is 727. The molecule has 3 N–H and O–H groups in total. The van der Waals surface area contributed by atoms with Gasteiger partial charge in [0.25, 0.3) is 0 Å². The van der Waals surface area contributed by atoms with Crippen LogP contribution in [0.1, 0.15) is 0 Å². The molecule has 19 heavy (non-hydrogen) atoms. The normalized spacial score (nSPS) is 10.6. The minimum Gasteiger partial charge on any atom is -0.384 e. The van der Waals surface area contributed by atoms with Crippen molar-refractivity contribution in [1.82, 2.24) is 15.0 Å². The molecule has 0 spiro atoms. The standard InChI is InChI=1S/C13H10FN5/c14-9-2-4-10(5-3-9)17-13-16-7-8-1-6-11(15)18-12(8)19-13/h1-7H,(H3,15,16,17,18,19). The van der Waals surface area contributed by atoms with Gasteiger partial charge >= 0.3 is 0 Å². The minimum atomic E-state index is -0.292. The number of aromatic nitrogens is 3. The van der Waals surface area contributed by atoms with Gasteiger partial charge in [-0.3, -0.25) is 0 Å². The summed E-state index contributed by atoms with van der Waals surface area (Å²) in [4.78, 5) is 12.5. The number of halogens is 1. The number of rotatable bonds is 2. The quantitative estimate of drug-likeness (QED) is 0.735. The summed E-state index contributed by atoms with van der Waals surface area (Å²) in [7, 11) is 0. The zero-order chi connectivity index (χ0) is 13.2. The van der Waals surface area contributed by atoms with E-state index in [9.17, 15) is 4.39 Å². The van der Waals surface area contributed by atoms with Gasteiger partial charge < -0.3 is 11.1 Å². The predicted molar refractivity (Wildman–Crippen MR) is 71.4 cm³/mol. The molecule has 94 valence electrons. The van der Waals surface area contributed by atoms with Gasteiger partial charge in [0.1, 0.15) is 11.6 Å². The van der Waals surface area contributed by atoms with Crippen LogP contribution in [0.25, 0.3) is 11.0 Å². The van der Waals surface area contributed by atoms with Crippen LogP contribution in [0.4, 0.5) is 21.8 Å². The van der Waals surface area contributed by atoms with Crippen LogP contribution in [0.2, 0.25) is 0 Å². The number of hydrogen-bond donors (Lipinski definition) is 2. The highest BCUT2D eigenvalue weighted by Gasteiger charge is 2.02. The summed E-state index contributed by atoms with van der Waals surface area (Å²) < 4.78 is 12.8. The first-order chi connectivity index (χ1) is 9.20. The van der Waals surface area contributed by atoms with Gasteiger partial charge in [0.2, 0.25) is 5.95 Å². The van der Waals surface area contributed by atoms with Gasteiger partial charge in [0.15, 0.2) is 5.65 Å². The molecule has 3 rings (SSSR count). The second-order valence-electron chi connectivity index (χ2n) is 3.97. The summed E-state index contributed by atoms with van der Waals surface area (Å²) in [5.41, 5.74) is 6.82. The molecule has 1 aromatic carbocycles. The zero-order valence-electron chi connectivity index (χ0n) is 9.84. The molecule has 0 aliphatic heterocycles. The van der Waals surface area contributed by atoms with Crippen molar-refractivity contribution in [2.75, 3.05) is 11.1 Å². The summed E-state index contributed by atoms with van der Waals surface area (Å²) in [6, 6.07) is 9.43. The molecule has 6 heteroatoms. The predicted octanol–water partition coefficient (Wildman–Crippen LogP) is 2.49. The SMILES string of the molecule is Nc1ccc2cnc(Nc3ccc(F)cc3)nc2n1. The first kappa shape index (κ1) is 11.3. The van der Waals surface area contributed by atoms with Crippen LogP contribution >= 0.6 is 0 Å². The number of nitrogen functional groups attached to an aromatic ring is 1. The molecule has 5 nitrogen and oxygen atoms in total. The third kappa shape index (κ3) is 2.42. The lowest BCUT2D eigenvalue weighted by Crippen LogP contribution is -1.99. The average molecular weight is 255 g/mol. The van der Waals surface area contributed by atoms with E-state index in [0.717, 1.165) is 5.39 Å². The molecule has 3 aromatic rings. The van der Waals surface area contributed by atoms with Crippen molar-refractivity contribution in [3.8, 4) is 0 Å². The fourth-order valence-corrected chi connectivity index (χ4v) is 1.65. The molecule has 2 aromatic heterocycles. The van der Waals surface area contributed by atoms with E-state index in [2.05, 4.69) is 20.3 Å². The largest absolute Gasteiger partial charge is 0.384 e. The maximum absolute atomic E-state index is 12.8. The van der Waals surface area contributed by atoms with E-state index in [1.54, 1.807) is 30.5 Å². The number of nitrogens with one attached hydrogen (secondary N) is 1. The summed E-state index contributed by atoms with van der Waals surface area (Å²) in [6.45, 7) is 0. The smallest absolute Gasteiger partial charge is 0.229 e. The Morgan fingerprint density at radius 2 is 1.79 bits per heavy atom. The van der Waals surface area contributed by atoms with Crippen LogP contribution < -0.4 is 11.1 Å². The Morgan fingerprint density at radius 1 is 1.00 bits per heavy atom. The molecule has 0 amide bonds. The number of nitrogens with zero attached hydrogens (tertiary/aromatic N) is 3. The van der Waals surface area contributed by atoms with E-state index < -0.39 is 0 Å². The van der Waals surface area contributed by atoms with Gasteiger partial charge in [-0.25, -0.2) is 14.4 Å². The van der Waals surface area contributed by atoms with Gasteiger partial charge in [0, 0.05) is 17.3 Å². The Hall–Kier alpha value is -2.76. The number of anilines is 3. The molecule has 0 aliphatic carbocycles. The summed E-state index contributed by atoms with van der Waals surface area (Å²) >= 11 is 0. The second-order valence-corrected chi connectivity index (χ2v) is 3.97. The van der Waals surface area contributed by atoms with E-state index in [0.29, 0.717) is 23.1 Å². The number of pyridine rings is 1. The molecular weight excluding hydrogens is 245 g/mol. The third-order valence-electron chi connectivity index (χ3n) is 2.56. The van der Waals surface area contributed by atoms with Gasteiger partial charge in [0.05, 0.1) is 0 Å². The molecule has 0 saturated heterocycles. The van der Waals surface area contributed by atoms with Crippen molar-refractivity contribution >= 4 is 28.5 Å². The van der Waals surface area contributed by atoms with Crippen molar-refractivity contribution in [2.24, 2.45) is 0 Å². The van der Waals surface area contributed by atoms with Crippen LogP contribution in [0.3, 0.4) is 0 Å². The molecule has 0 unspecified atom stereocenters. The van der Waals surface area contributed by atoms with Crippen LogP contribution in [-0.4, -0.2) is 15.0 Å². The van der Waals surface area contributed by atoms with Crippen LogP contribution in [-0.2, 0) is 0 Å². The van der Waals surface area contributed by atoms with E-state index in [1.165, 1.54) is 12.1 Å². The highest BCUT2D eigenvalue weighted by Crippen LogP contribution is 2.16. The van der Waals surface area contributed by atoms with Crippen molar-refractivity contribution in [1.29, 1.82) is 0 Å². The number of benzene rings is 1. The van der Waals surface area contributed by atoms with E-state index in [-0.39, 0.29) is 5.82 Å². The summed E-state index contributed by atoms with van der Waals surface area (Å²) in [5, 5.41) is 3.78. The fraction of sp³-hybridized carbons (Fsp3) is 0. The van der Waals surface area contributed by atoms with Crippen molar-refractivity contribution < 1.29 is 4.39 Å². The van der Waals surface area contributed by atoms with Crippen molar-refractivity contribution in [3.05, 3.63) is 48.4 Å². The molecule has 0 aliphatic rings. The molecule has 0 atom stereocenters. The number of hydrogen-bond acceptors (Lipinski definition) is 5. The lowest BCUT2D eigenvalue weighted by atomic mass is 10.3. The van der Waals surface area contributed by atoms with E-state index >= 15 is 0 Å². The number of fused-ring (bicyclic) bond motifs is 1. The molecule has 0 radical (unpaired) electrons. The summed E-state index contributed by atoms with van der Waals surface area (Å²) in [6.07, 6.45) is 1.65. The molecule has 0 saturated carbocycles. The monoisotopic (exact) mass is 255 g/mol. The number of nitrogens with two attached hydrogens (primary N) is 1. The maximum Gasteiger partial charge on any atom is 0.229 e. The minimum absolute atomic E-state index is 0.292. The van der Waals surface area contributed by atoms with Gasteiger partial charge in [-0.15, -0.1) is 0 Å². The van der Waals surface area contributed by atoms with Gasteiger partial charge in [-0.1, -0.05) is 0 Å². The van der Waals surface area contributed by atoms with Gasteiger partial charge in [-0.2, -0.15) is 4.98 Å². The van der Waals surface area contributed by atoms with Crippen LogP contribution in [0.15, 0.2) is 42.6 Å². The highest BCUT2D eigenvalue weighted by atomic mass is 19.1. The first-order valence-corrected chi connectivity index (χ1v) is 5.62. The highest BCUT2D eigenvalue weighted by molar-refractivity contribution is 5.76. The van der Waals surface area contributed by atoms with Crippen molar-refractivity contribution in [2.45, 2.75) is 0 Å². The molecule has 0 bridgehead atoms. The average Bonchev–Trinajstić information content (AvgIpc) is 2.41. The Balaban J connectivity index is 1.94.